The van der Waals surface area contributed by atoms with E-state index in [2.05, 4.69) is 10.6 Å². The number of amides is 3. The summed E-state index contributed by atoms with van der Waals surface area (Å²) in [5.74, 6) is -0.609. The fourth-order valence-corrected chi connectivity index (χ4v) is 3.42. The van der Waals surface area contributed by atoms with E-state index in [-0.39, 0.29) is 17.9 Å². The zero-order valence-corrected chi connectivity index (χ0v) is 22.3. The smallest absolute Gasteiger partial charge is 0.408 e. The number of hydrogen-bond donors (Lipinski definition) is 2. The highest BCUT2D eigenvalue weighted by molar-refractivity contribution is 5.92. The quantitative estimate of drug-likeness (QED) is 0.582. The van der Waals surface area contributed by atoms with Crippen LogP contribution in [0.5, 0.6) is 0 Å². The summed E-state index contributed by atoms with van der Waals surface area (Å²) in [4.78, 5) is 41.2. The lowest BCUT2D eigenvalue weighted by molar-refractivity contribution is -0.149. The molecule has 7 heteroatoms. The summed E-state index contributed by atoms with van der Waals surface area (Å²) < 4.78 is 5.32. The van der Waals surface area contributed by atoms with Crippen LogP contribution in [0.4, 0.5) is 4.79 Å². The van der Waals surface area contributed by atoms with Crippen molar-refractivity contribution in [3.05, 3.63) is 34.9 Å². The van der Waals surface area contributed by atoms with Crippen molar-refractivity contribution >= 4 is 17.9 Å². The van der Waals surface area contributed by atoms with E-state index in [1.54, 1.807) is 32.6 Å². The third-order valence-corrected chi connectivity index (χ3v) is 5.64. The second-order valence-electron chi connectivity index (χ2n) is 10.7. The summed E-state index contributed by atoms with van der Waals surface area (Å²) in [6, 6.07) is 3.99. The molecule has 1 aromatic carbocycles. The van der Waals surface area contributed by atoms with Crippen molar-refractivity contribution in [2.24, 2.45) is 0 Å². The SMILES string of the molecule is CCC(C)(C)N(C(=O)C(C)NC(=O)OC(C)(C)C)C(C(=O)NC(C)C)c1ccc(C)c(C)c1. The highest BCUT2D eigenvalue weighted by Gasteiger charge is 2.42. The van der Waals surface area contributed by atoms with Crippen LogP contribution in [0.1, 0.15) is 91.5 Å². The second kappa shape index (κ2) is 11.0. The van der Waals surface area contributed by atoms with Gasteiger partial charge in [0.1, 0.15) is 17.7 Å². The number of nitrogens with zero attached hydrogens (tertiary/aromatic N) is 1. The zero-order chi connectivity index (χ0) is 25.7. The number of benzene rings is 1. The molecular formula is C26H43N3O4. The van der Waals surface area contributed by atoms with Crippen LogP contribution in [0.25, 0.3) is 0 Å². The van der Waals surface area contributed by atoms with Crippen LogP contribution in [0, 0.1) is 13.8 Å². The highest BCUT2D eigenvalue weighted by atomic mass is 16.6. The first kappa shape index (κ1) is 28.5. The third-order valence-electron chi connectivity index (χ3n) is 5.64. The van der Waals surface area contributed by atoms with Crippen molar-refractivity contribution in [1.29, 1.82) is 0 Å². The second-order valence-corrected chi connectivity index (χ2v) is 10.7. The van der Waals surface area contributed by atoms with Gasteiger partial charge >= 0.3 is 6.09 Å². The van der Waals surface area contributed by atoms with Crippen LogP contribution in [0.15, 0.2) is 18.2 Å². The maximum absolute atomic E-state index is 13.8. The normalized spacial score (nSPS) is 13.8. The number of ether oxygens (including phenoxy) is 1. The molecule has 3 amide bonds. The third kappa shape index (κ3) is 8.06. The maximum atomic E-state index is 13.8. The van der Waals surface area contributed by atoms with Gasteiger partial charge < -0.3 is 20.3 Å². The van der Waals surface area contributed by atoms with Crippen molar-refractivity contribution in [3.8, 4) is 0 Å². The minimum Gasteiger partial charge on any atom is -0.444 e. The van der Waals surface area contributed by atoms with Crippen LogP contribution >= 0.6 is 0 Å². The Hall–Kier alpha value is -2.57. The van der Waals surface area contributed by atoms with Crippen LogP contribution in [0.3, 0.4) is 0 Å². The van der Waals surface area contributed by atoms with Gasteiger partial charge in [-0.2, -0.15) is 0 Å². The Bertz CT molecular complexity index is 856. The minimum absolute atomic E-state index is 0.0921. The van der Waals surface area contributed by atoms with E-state index in [1.165, 1.54) is 0 Å². The molecule has 186 valence electrons. The molecule has 1 rings (SSSR count). The number of aryl methyl sites for hydroxylation is 2. The molecule has 0 aliphatic carbocycles. The monoisotopic (exact) mass is 461 g/mol. The number of rotatable bonds is 8. The summed E-state index contributed by atoms with van der Waals surface area (Å²) in [5, 5.41) is 5.61. The van der Waals surface area contributed by atoms with Crippen molar-refractivity contribution in [1.82, 2.24) is 15.5 Å². The predicted molar refractivity (Wildman–Crippen MR) is 132 cm³/mol. The van der Waals surface area contributed by atoms with Gasteiger partial charge in [-0.05, 0) is 92.3 Å². The number of carbonyl (C=O) groups excluding carboxylic acids is 3. The summed E-state index contributed by atoms with van der Waals surface area (Å²) in [6.45, 7) is 20.5. The molecule has 33 heavy (non-hydrogen) atoms. The predicted octanol–water partition coefficient (Wildman–Crippen LogP) is 4.80. The van der Waals surface area contributed by atoms with Crippen molar-refractivity contribution in [2.45, 2.75) is 112 Å². The molecule has 0 aliphatic rings. The Labute approximate surface area is 199 Å². The van der Waals surface area contributed by atoms with Gasteiger partial charge in [-0.1, -0.05) is 25.1 Å². The molecule has 0 saturated carbocycles. The highest BCUT2D eigenvalue weighted by Crippen LogP contribution is 2.33. The van der Waals surface area contributed by atoms with Gasteiger partial charge in [0.25, 0.3) is 0 Å². The number of hydrogen-bond acceptors (Lipinski definition) is 4. The Morgan fingerprint density at radius 2 is 1.55 bits per heavy atom. The fourth-order valence-electron chi connectivity index (χ4n) is 3.42. The van der Waals surface area contributed by atoms with E-state index in [0.717, 1.165) is 16.7 Å². The van der Waals surface area contributed by atoms with Gasteiger partial charge in [-0.3, -0.25) is 9.59 Å². The van der Waals surface area contributed by atoms with E-state index in [9.17, 15) is 14.4 Å². The van der Waals surface area contributed by atoms with E-state index >= 15 is 0 Å². The molecule has 0 fully saturated rings. The number of nitrogens with one attached hydrogen (secondary N) is 2. The molecule has 1 aromatic rings. The summed E-state index contributed by atoms with van der Waals surface area (Å²) in [7, 11) is 0. The number of alkyl carbamates (subject to hydrolysis) is 1. The van der Waals surface area contributed by atoms with E-state index < -0.39 is 29.3 Å². The molecule has 2 atom stereocenters. The van der Waals surface area contributed by atoms with Crippen molar-refractivity contribution in [2.75, 3.05) is 0 Å². The van der Waals surface area contributed by atoms with Crippen LogP contribution in [0.2, 0.25) is 0 Å². The zero-order valence-electron chi connectivity index (χ0n) is 22.3. The van der Waals surface area contributed by atoms with Gasteiger partial charge in [0.05, 0.1) is 0 Å². The maximum Gasteiger partial charge on any atom is 0.408 e. The molecule has 0 spiro atoms. The lowest BCUT2D eigenvalue weighted by Crippen LogP contribution is -2.59. The Morgan fingerprint density at radius 1 is 0.970 bits per heavy atom. The van der Waals surface area contributed by atoms with Crippen molar-refractivity contribution < 1.29 is 19.1 Å². The molecule has 0 saturated heterocycles. The molecule has 0 radical (unpaired) electrons. The Morgan fingerprint density at radius 3 is 2.00 bits per heavy atom. The summed E-state index contributed by atoms with van der Waals surface area (Å²) >= 11 is 0. The van der Waals surface area contributed by atoms with E-state index in [0.29, 0.717) is 6.42 Å². The minimum atomic E-state index is -0.883. The molecule has 0 aromatic heterocycles. The Kier molecular flexibility index (Phi) is 9.52. The number of carbonyl (C=O) groups is 3. The first-order valence-corrected chi connectivity index (χ1v) is 11.7. The average molecular weight is 462 g/mol. The van der Waals surface area contributed by atoms with Crippen LogP contribution < -0.4 is 10.6 Å². The molecular weight excluding hydrogens is 418 g/mol. The topological polar surface area (TPSA) is 87.7 Å². The molecule has 0 heterocycles. The Balaban J connectivity index is 3.51. The van der Waals surface area contributed by atoms with Gasteiger partial charge in [0.15, 0.2) is 0 Å². The molecule has 0 bridgehead atoms. The average Bonchev–Trinajstić information content (AvgIpc) is 2.65. The van der Waals surface area contributed by atoms with Gasteiger partial charge in [-0.25, -0.2) is 4.79 Å². The summed E-state index contributed by atoms with van der Waals surface area (Å²) in [6.07, 6.45) is -0.0549. The largest absolute Gasteiger partial charge is 0.444 e. The lowest BCUT2D eigenvalue weighted by Gasteiger charge is -2.44. The van der Waals surface area contributed by atoms with E-state index in [1.807, 2.05) is 66.7 Å². The van der Waals surface area contributed by atoms with Crippen LogP contribution in [-0.2, 0) is 14.3 Å². The summed E-state index contributed by atoms with van der Waals surface area (Å²) in [5.41, 5.74) is 1.54. The van der Waals surface area contributed by atoms with Gasteiger partial charge in [-0.15, -0.1) is 0 Å². The lowest BCUT2D eigenvalue weighted by atomic mass is 9.91. The van der Waals surface area contributed by atoms with E-state index in [4.69, 9.17) is 4.74 Å². The molecule has 7 nitrogen and oxygen atoms in total. The first-order chi connectivity index (χ1) is 15.0. The van der Waals surface area contributed by atoms with Gasteiger partial charge in [0, 0.05) is 11.6 Å². The first-order valence-electron chi connectivity index (χ1n) is 11.7. The standard InChI is InChI=1S/C26H43N3O4/c1-12-26(10,11)29(23(31)19(6)28-24(32)33-25(7,8)9)21(22(30)27-16(2)3)20-14-13-17(4)18(5)15-20/h13-16,19,21H,12H2,1-11H3,(H,27,30)(H,28,32). The van der Waals surface area contributed by atoms with Crippen LogP contribution in [-0.4, -0.2) is 46.0 Å². The molecule has 2 N–H and O–H groups in total. The molecule has 0 aliphatic heterocycles. The molecule has 2 unspecified atom stereocenters. The fraction of sp³-hybridized carbons (Fsp3) is 0.654. The van der Waals surface area contributed by atoms with Crippen molar-refractivity contribution in [3.63, 3.8) is 0 Å². The van der Waals surface area contributed by atoms with Gasteiger partial charge in [0.2, 0.25) is 11.8 Å².